The third-order valence-corrected chi connectivity index (χ3v) is 3.11. The van der Waals surface area contributed by atoms with Crippen molar-refractivity contribution in [1.82, 2.24) is 15.1 Å². The van der Waals surface area contributed by atoms with Gasteiger partial charge in [-0.25, -0.2) is 0 Å². The number of carbonyl (C=O) groups excluding carboxylic acids is 2. The number of methoxy groups -OCH3 is 1. The van der Waals surface area contributed by atoms with Crippen LogP contribution in [0.3, 0.4) is 0 Å². The summed E-state index contributed by atoms with van der Waals surface area (Å²) in [6.07, 6.45) is 4.49. The van der Waals surface area contributed by atoms with Crippen LogP contribution in [0, 0.1) is 0 Å². The van der Waals surface area contributed by atoms with Crippen LogP contribution in [0.15, 0.2) is 12.4 Å². The number of nitrogens with two attached hydrogens (primary N) is 1. The van der Waals surface area contributed by atoms with Gasteiger partial charge in [-0.2, -0.15) is 5.10 Å². The molecule has 1 heterocycles. The van der Waals surface area contributed by atoms with Crippen molar-refractivity contribution in [1.29, 1.82) is 0 Å². The van der Waals surface area contributed by atoms with Gasteiger partial charge < -0.3 is 21.1 Å². The lowest BCUT2D eigenvalue weighted by Crippen LogP contribution is -2.48. The van der Waals surface area contributed by atoms with Crippen LogP contribution in [0.2, 0.25) is 0 Å². The molecule has 0 aromatic carbocycles. The number of anilines is 1. The Morgan fingerprint density at radius 2 is 2.23 bits per heavy atom. The lowest BCUT2D eigenvalue weighted by atomic mass is 9.96. The number of hydrogen-bond donors (Lipinski definition) is 3. The van der Waals surface area contributed by atoms with E-state index in [-0.39, 0.29) is 18.4 Å². The van der Waals surface area contributed by atoms with E-state index in [0.717, 1.165) is 6.42 Å². The third kappa shape index (κ3) is 5.82. The Hall–Kier alpha value is -1.93. The minimum Gasteiger partial charge on any atom is -0.383 e. The molecule has 0 aliphatic heterocycles. The Kier molecular flexibility index (Phi) is 7.00. The molecule has 22 heavy (non-hydrogen) atoms. The summed E-state index contributed by atoms with van der Waals surface area (Å²) >= 11 is 0. The molecule has 4 N–H and O–H groups in total. The maximum absolute atomic E-state index is 12.1. The summed E-state index contributed by atoms with van der Waals surface area (Å²) in [5, 5.41) is 9.44. The van der Waals surface area contributed by atoms with E-state index < -0.39 is 5.54 Å². The first-order valence-corrected chi connectivity index (χ1v) is 7.27. The molecule has 0 radical (unpaired) electrons. The van der Waals surface area contributed by atoms with Gasteiger partial charge in [0.25, 0.3) is 0 Å². The molecule has 1 aromatic heterocycles. The second kappa shape index (κ2) is 8.50. The summed E-state index contributed by atoms with van der Waals surface area (Å²) in [5.74, 6) is -0.439. The van der Waals surface area contributed by atoms with E-state index >= 15 is 0 Å². The molecule has 2 amide bonds. The number of aromatic nitrogens is 2. The van der Waals surface area contributed by atoms with Gasteiger partial charge in [0, 0.05) is 19.9 Å². The van der Waals surface area contributed by atoms with E-state index in [0.29, 0.717) is 25.3 Å². The standard InChI is InChI=1S/C14H25N5O3/c1-4-5-14(2,15)13(21)18-11-8-17-19(9-11)10-12(20)16-6-7-22-3/h8-9H,4-7,10,15H2,1-3H3,(H,16,20)(H,18,21). The van der Waals surface area contributed by atoms with Crippen molar-refractivity contribution in [2.24, 2.45) is 5.73 Å². The highest BCUT2D eigenvalue weighted by atomic mass is 16.5. The van der Waals surface area contributed by atoms with Crippen LogP contribution in [-0.4, -0.2) is 47.4 Å². The highest BCUT2D eigenvalue weighted by Crippen LogP contribution is 2.13. The smallest absolute Gasteiger partial charge is 0.244 e. The average molecular weight is 311 g/mol. The zero-order chi connectivity index (χ0) is 16.6. The number of nitrogens with one attached hydrogen (secondary N) is 2. The number of rotatable bonds is 9. The molecule has 1 rings (SSSR count). The van der Waals surface area contributed by atoms with Crippen LogP contribution in [-0.2, 0) is 20.9 Å². The predicted molar refractivity (Wildman–Crippen MR) is 83.2 cm³/mol. The van der Waals surface area contributed by atoms with E-state index in [4.69, 9.17) is 10.5 Å². The largest absolute Gasteiger partial charge is 0.383 e. The third-order valence-electron chi connectivity index (χ3n) is 3.11. The Morgan fingerprint density at radius 1 is 1.50 bits per heavy atom. The van der Waals surface area contributed by atoms with Crippen LogP contribution < -0.4 is 16.4 Å². The van der Waals surface area contributed by atoms with Gasteiger partial charge in [0.05, 0.1) is 24.0 Å². The summed E-state index contributed by atoms with van der Waals surface area (Å²) in [7, 11) is 1.57. The molecule has 8 nitrogen and oxygen atoms in total. The lowest BCUT2D eigenvalue weighted by Gasteiger charge is -2.22. The normalized spacial score (nSPS) is 13.5. The fourth-order valence-corrected chi connectivity index (χ4v) is 1.92. The first kappa shape index (κ1) is 18.1. The zero-order valence-electron chi connectivity index (χ0n) is 13.4. The SMILES string of the molecule is CCCC(C)(N)C(=O)Nc1cnn(CC(=O)NCCOC)c1. The summed E-state index contributed by atoms with van der Waals surface area (Å²) in [5.41, 5.74) is 5.55. The zero-order valence-corrected chi connectivity index (χ0v) is 13.4. The summed E-state index contributed by atoms with van der Waals surface area (Å²) < 4.78 is 6.30. The molecule has 0 aliphatic rings. The fraction of sp³-hybridized carbons (Fsp3) is 0.643. The van der Waals surface area contributed by atoms with Gasteiger partial charge in [-0.3, -0.25) is 14.3 Å². The number of carbonyl (C=O) groups is 2. The van der Waals surface area contributed by atoms with Gasteiger partial charge in [-0.05, 0) is 13.3 Å². The molecule has 0 saturated carbocycles. The van der Waals surface area contributed by atoms with Crippen LogP contribution in [0.4, 0.5) is 5.69 Å². The van der Waals surface area contributed by atoms with E-state index in [1.165, 1.54) is 10.9 Å². The van der Waals surface area contributed by atoms with Crippen molar-refractivity contribution in [3.8, 4) is 0 Å². The molecule has 124 valence electrons. The van der Waals surface area contributed by atoms with Gasteiger partial charge in [-0.1, -0.05) is 13.3 Å². The van der Waals surface area contributed by atoms with Gasteiger partial charge >= 0.3 is 0 Å². The Morgan fingerprint density at radius 3 is 2.86 bits per heavy atom. The lowest BCUT2D eigenvalue weighted by molar-refractivity contribution is -0.122. The summed E-state index contributed by atoms with van der Waals surface area (Å²) in [6.45, 7) is 4.65. The molecule has 0 fully saturated rings. The first-order valence-electron chi connectivity index (χ1n) is 7.27. The summed E-state index contributed by atoms with van der Waals surface area (Å²) in [6, 6.07) is 0. The maximum Gasteiger partial charge on any atom is 0.244 e. The van der Waals surface area contributed by atoms with E-state index in [1.807, 2.05) is 6.92 Å². The minimum absolute atomic E-state index is 0.0778. The van der Waals surface area contributed by atoms with E-state index in [2.05, 4.69) is 15.7 Å². The first-order chi connectivity index (χ1) is 10.4. The van der Waals surface area contributed by atoms with Gasteiger partial charge in [0.2, 0.25) is 11.8 Å². The van der Waals surface area contributed by atoms with Crippen molar-refractivity contribution < 1.29 is 14.3 Å². The van der Waals surface area contributed by atoms with E-state index in [9.17, 15) is 9.59 Å². The molecule has 0 saturated heterocycles. The fourth-order valence-electron chi connectivity index (χ4n) is 1.92. The number of hydrogen-bond acceptors (Lipinski definition) is 5. The monoisotopic (exact) mass is 311 g/mol. The van der Waals surface area contributed by atoms with Crippen molar-refractivity contribution in [3.63, 3.8) is 0 Å². The van der Waals surface area contributed by atoms with Gasteiger partial charge in [0.1, 0.15) is 6.54 Å². The molecule has 1 aromatic rings. The van der Waals surface area contributed by atoms with Crippen LogP contribution in [0.5, 0.6) is 0 Å². The van der Waals surface area contributed by atoms with Crippen molar-refractivity contribution in [2.75, 3.05) is 25.6 Å². The summed E-state index contributed by atoms with van der Waals surface area (Å²) in [4.78, 5) is 23.7. The highest BCUT2D eigenvalue weighted by Gasteiger charge is 2.27. The molecule has 8 heteroatoms. The predicted octanol–water partition coefficient (Wildman–Crippen LogP) is 0.102. The second-order valence-electron chi connectivity index (χ2n) is 5.39. The Bertz CT molecular complexity index is 498. The quantitative estimate of drug-likeness (QED) is 0.560. The molecule has 0 spiro atoms. The Balaban J connectivity index is 2.50. The van der Waals surface area contributed by atoms with Gasteiger partial charge in [0.15, 0.2) is 0 Å². The molecular weight excluding hydrogens is 286 g/mol. The molecule has 0 aliphatic carbocycles. The topological polar surface area (TPSA) is 111 Å². The molecule has 1 unspecified atom stereocenters. The molecule has 0 bridgehead atoms. The number of nitrogens with zero attached hydrogens (tertiary/aromatic N) is 2. The van der Waals surface area contributed by atoms with Crippen LogP contribution >= 0.6 is 0 Å². The Labute approximate surface area is 130 Å². The number of ether oxygens (including phenoxy) is 1. The number of amides is 2. The maximum atomic E-state index is 12.1. The van der Waals surface area contributed by atoms with Crippen molar-refractivity contribution in [2.45, 2.75) is 38.8 Å². The van der Waals surface area contributed by atoms with Crippen molar-refractivity contribution >= 4 is 17.5 Å². The highest BCUT2D eigenvalue weighted by molar-refractivity contribution is 5.97. The second-order valence-corrected chi connectivity index (χ2v) is 5.39. The molecule has 1 atom stereocenters. The van der Waals surface area contributed by atoms with E-state index in [1.54, 1.807) is 20.2 Å². The van der Waals surface area contributed by atoms with Crippen LogP contribution in [0.25, 0.3) is 0 Å². The van der Waals surface area contributed by atoms with Gasteiger partial charge in [-0.15, -0.1) is 0 Å². The van der Waals surface area contributed by atoms with Crippen LogP contribution in [0.1, 0.15) is 26.7 Å². The van der Waals surface area contributed by atoms with Crippen molar-refractivity contribution in [3.05, 3.63) is 12.4 Å². The minimum atomic E-state index is -0.922. The molecular formula is C14H25N5O3. The average Bonchev–Trinajstić information content (AvgIpc) is 2.86.